The Kier molecular flexibility index (Phi) is 11.3. The van der Waals surface area contributed by atoms with Crippen molar-refractivity contribution in [2.45, 2.75) is 90.5 Å². The zero-order chi connectivity index (χ0) is 20.8. The van der Waals surface area contributed by atoms with E-state index >= 15 is 0 Å². The molecule has 0 heterocycles. The molecule has 1 N–H and O–H groups in total. The van der Waals surface area contributed by atoms with Crippen LogP contribution in [0.3, 0.4) is 0 Å². The van der Waals surface area contributed by atoms with E-state index in [2.05, 4.69) is 11.0 Å². The van der Waals surface area contributed by atoms with Crippen LogP contribution in [-0.4, -0.2) is 36.6 Å². The molecule has 0 fully saturated rings. The fraction of sp³-hybridized carbons (Fsp3) is 0.727. The molecule has 0 aromatic heterocycles. The lowest BCUT2D eigenvalue weighted by Crippen LogP contribution is -2.61. The smallest absolute Gasteiger partial charge is 0.344 e. The average Bonchev–Trinajstić information content (AvgIpc) is 2.63. The van der Waals surface area contributed by atoms with Gasteiger partial charge in [-0.25, -0.2) is 9.59 Å². The number of ether oxygens (including phenoxy) is 2. The van der Waals surface area contributed by atoms with E-state index in [9.17, 15) is 14.4 Å². The third-order valence-electron chi connectivity index (χ3n) is 4.75. The van der Waals surface area contributed by atoms with Crippen LogP contribution in [0.5, 0.6) is 0 Å². The summed E-state index contributed by atoms with van der Waals surface area (Å²) in [6.07, 6.45) is 11.7. The molecule has 28 heavy (non-hydrogen) atoms. The largest absolute Gasteiger partial charge is 0.464 e. The SMILES string of the molecule is CCOC(=O)C(CC1=C=CCCCCCCCCC1)(NC(C)=O)C(=O)OCC. The minimum Gasteiger partial charge on any atom is -0.464 e. The van der Waals surface area contributed by atoms with Crippen LogP contribution in [-0.2, 0) is 23.9 Å². The predicted molar refractivity (Wildman–Crippen MR) is 108 cm³/mol. The minimum atomic E-state index is -1.87. The fourth-order valence-electron chi connectivity index (χ4n) is 3.40. The van der Waals surface area contributed by atoms with Crippen molar-refractivity contribution in [3.8, 4) is 0 Å². The Morgan fingerprint density at radius 1 is 0.964 bits per heavy atom. The Hall–Kier alpha value is -2.07. The van der Waals surface area contributed by atoms with Crippen LogP contribution in [0.25, 0.3) is 0 Å². The van der Waals surface area contributed by atoms with Crippen molar-refractivity contribution in [3.63, 3.8) is 0 Å². The van der Waals surface area contributed by atoms with Gasteiger partial charge in [-0.15, -0.1) is 5.73 Å². The van der Waals surface area contributed by atoms with Gasteiger partial charge in [0.1, 0.15) is 0 Å². The third kappa shape index (κ3) is 7.89. The molecule has 0 unspecified atom stereocenters. The van der Waals surface area contributed by atoms with Crippen molar-refractivity contribution < 1.29 is 23.9 Å². The van der Waals surface area contributed by atoms with Crippen LogP contribution in [0.4, 0.5) is 0 Å². The maximum atomic E-state index is 12.8. The first-order valence-corrected chi connectivity index (χ1v) is 10.5. The van der Waals surface area contributed by atoms with Gasteiger partial charge in [0.05, 0.1) is 13.2 Å². The summed E-state index contributed by atoms with van der Waals surface area (Å²) >= 11 is 0. The number of rotatable bonds is 7. The first-order valence-electron chi connectivity index (χ1n) is 10.5. The fourth-order valence-corrected chi connectivity index (χ4v) is 3.40. The predicted octanol–water partition coefficient (Wildman–Crippen LogP) is 3.98. The number of amides is 1. The van der Waals surface area contributed by atoms with Gasteiger partial charge in [0.2, 0.25) is 11.4 Å². The number of carbonyl (C=O) groups is 3. The summed E-state index contributed by atoms with van der Waals surface area (Å²) in [7, 11) is 0. The zero-order valence-corrected chi connectivity index (χ0v) is 17.6. The summed E-state index contributed by atoms with van der Waals surface area (Å²) in [6.45, 7) is 4.81. The highest BCUT2D eigenvalue weighted by Crippen LogP contribution is 2.25. The van der Waals surface area contributed by atoms with E-state index in [4.69, 9.17) is 9.47 Å². The van der Waals surface area contributed by atoms with E-state index in [0.717, 1.165) is 37.7 Å². The van der Waals surface area contributed by atoms with Crippen molar-refractivity contribution in [3.05, 3.63) is 17.4 Å². The normalized spacial score (nSPS) is 16.2. The van der Waals surface area contributed by atoms with Crippen LogP contribution in [0, 0.1) is 0 Å². The van der Waals surface area contributed by atoms with Gasteiger partial charge in [0.15, 0.2) is 0 Å². The summed E-state index contributed by atoms with van der Waals surface area (Å²) in [4.78, 5) is 37.4. The Labute approximate surface area is 168 Å². The van der Waals surface area contributed by atoms with Gasteiger partial charge in [-0.3, -0.25) is 4.79 Å². The maximum Gasteiger partial charge on any atom is 0.344 e. The molecule has 6 nitrogen and oxygen atoms in total. The number of nitrogens with one attached hydrogen (secondary N) is 1. The summed E-state index contributed by atoms with van der Waals surface area (Å²) in [5, 5.41) is 2.53. The third-order valence-corrected chi connectivity index (χ3v) is 4.75. The number of carbonyl (C=O) groups excluding carboxylic acids is 3. The molecule has 0 bridgehead atoms. The lowest BCUT2D eigenvalue weighted by atomic mass is 9.88. The monoisotopic (exact) mass is 393 g/mol. The van der Waals surface area contributed by atoms with Crippen molar-refractivity contribution in [2.75, 3.05) is 13.2 Å². The number of hydrogen-bond donors (Lipinski definition) is 1. The molecule has 1 amide bonds. The lowest BCUT2D eigenvalue weighted by Gasteiger charge is -2.30. The Bertz CT molecular complexity index is 572. The first kappa shape index (κ1) is 24.0. The molecule has 6 heteroatoms. The van der Waals surface area contributed by atoms with Crippen molar-refractivity contribution in [2.24, 2.45) is 0 Å². The first-order chi connectivity index (χ1) is 13.5. The van der Waals surface area contributed by atoms with Crippen molar-refractivity contribution in [1.29, 1.82) is 0 Å². The van der Waals surface area contributed by atoms with E-state index in [1.165, 1.54) is 32.6 Å². The lowest BCUT2D eigenvalue weighted by molar-refractivity contribution is -0.168. The Morgan fingerprint density at radius 2 is 1.50 bits per heavy atom. The van der Waals surface area contributed by atoms with E-state index in [1.807, 2.05) is 6.08 Å². The average molecular weight is 394 g/mol. The van der Waals surface area contributed by atoms with E-state index in [1.54, 1.807) is 13.8 Å². The molecule has 1 aliphatic carbocycles. The quantitative estimate of drug-likeness (QED) is 0.402. The van der Waals surface area contributed by atoms with E-state index in [0.29, 0.717) is 0 Å². The van der Waals surface area contributed by atoms with Gasteiger partial charge in [-0.2, -0.15) is 0 Å². The van der Waals surface area contributed by atoms with Gasteiger partial charge >= 0.3 is 11.9 Å². The molecule has 0 aromatic carbocycles. The van der Waals surface area contributed by atoms with Crippen LogP contribution in [0.15, 0.2) is 17.4 Å². The molecule has 0 radical (unpaired) electrons. The maximum absolute atomic E-state index is 12.8. The highest BCUT2D eigenvalue weighted by Gasteiger charge is 2.50. The van der Waals surface area contributed by atoms with Gasteiger partial charge in [0, 0.05) is 13.3 Å². The molecule has 0 aromatic rings. The molecular formula is C22H35NO5. The van der Waals surface area contributed by atoms with Gasteiger partial charge < -0.3 is 14.8 Å². The molecule has 1 aliphatic rings. The molecule has 0 saturated carbocycles. The molecule has 0 spiro atoms. The summed E-state index contributed by atoms with van der Waals surface area (Å²) in [5.41, 5.74) is 2.24. The zero-order valence-electron chi connectivity index (χ0n) is 17.6. The number of esters is 2. The summed E-state index contributed by atoms with van der Waals surface area (Å²) in [6, 6.07) is 0. The summed E-state index contributed by atoms with van der Waals surface area (Å²) in [5.74, 6) is -2.06. The topological polar surface area (TPSA) is 81.7 Å². The number of hydrogen-bond acceptors (Lipinski definition) is 5. The van der Waals surface area contributed by atoms with E-state index < -0.39 is 23.4 Å². The Morgan fingerprint density at radius 3 is 2.04 bits per heavy atom. The Balaban J connectivity index is 3.23. The van der Waals surface area contributed by atoms with Crippen LogP contribution >= 0.6 is 0 Å². The van der Waals surface area contributed by atoms with Gasteiger partial charge in [-0.05, 0) is 51.2 Å². The minimum absolute atomic E-state index is 0.0146. The standard InChI is InChI=1S/C22H35NO5/c1-4-27-20(25)22(23-18(3)24,21(26)28-5-2)17-19-15-13-11-9-7-6-8-10-12-14-16-19/h13H,4-12,14,16-17H2,1-3H3,(H,23,24). The second-order valence-electron chi connectivity index (χ2n) is 7.17. The summed E-state index contributed by atoms with van der Waals surface area (Å²) < 4.78 is 10.3. The van der Waals surface area contributed by atoms with Crippen LogP contribution in [0.1, 0.15) is 85.0 Å². The second-order valence-corrected chi connectivity index (χ2v) is 7.17. The molecule has 1 rings (SSSR count). The van der Waals surface area contributed by atoms with Crippen molar-refractivity contribution in [1.82, 2.24) is 5.32 Å². The molecule has 158 valence electrons. The van der Waals surface area contributed by atoms with Crippen LogP contribution in [0.2, 0.25) is 0 Å². The van der Waals surface area contributed by atoms with Crippen LogP contribution < -0.4 is 5.32 Å². The van der Waals surface area contributed by atoms with E-state index in [-0.39, 0.29) is 19.6 Å². The highest BCUT2D eigenvalue weighted by atomic mass is 16.6. The molecular weight excluding hydrogens is 358 g/mol. The highest BCUT2D eigenvalue weighted by molar-refractivity contribution is 6.08. The second kappa shape index (κ2) is 13.2. The van der Waals surface area contributed by atoms with Gasteiger partial charge in [0.25, 0.3) is 0 Å². The molecule has 0 saturated heterocycles. The molecule has 0 aliphatic heterocycles. The van der Waals surface area contributed by atoms with Crippen molar-refractivity contribution >= 4 is 17.8 Å². The van der Waals surface area contributed by atoms with Gasteiger partial charge in [-0.1, -0.05) is 32.1 Å². The molecule has 0 atom stereocenters.